The summed E-state index contributed by atoms with van der Waals surface area (Å²) in [6, 6.07) is 1.89. The highest BCUT2D eigenvalue weighted by atomic mass is 32.1. The first kappa shape index (κ1) is 12.0. The van der Waals surface area contributed by atoms with Crippen molar-refractivity contribution in [2.24, 2.45) is 0 Å². The zero-order valence-electron chi connectivity index (χ0n) is 9.54. The molecule has 1 rings (SSSR count). The van der Waals surface area contributed by atoms with Crippen LogP contribution >= 0.6 is 11.3 Å². The Kier molecular flexibility index (Phi) is 4.15. The molecule has 84 valence electrons. The number of anilines is 2. The normalized spacial score (nSPS) is 10.3. The van der Waals surface area contributed by atoms with Gasteiger partial charge in [0.1, 0.15) is 0 Å². The molecule has 0 radical (unpaired) electrons. The average Bonchev–Trinajstić information content (AvgIpc) is 2.60. The molecule has 0 fully saturated rings. The summed E-state index contributed by atoms with van der Waals surface area (Å²) in [5.41, 5.74) is 6.43. The predicted octanol–water partition coefficient (Wildman–Crippen LogP) is 2.77. The van der Waals surface area contributed by atoms with Gasteiger partial charge in [0.15, 0.2) is 5.78 Å². The quantitative estimate of drug-likeness (QED) is 0.785. The van der Waals surface area contributed by atoms with E-state index in [1.54, 1.807) is 0 Å². The second-order valence-electron chi connectivity index (χ2n) is 3.57. The Bertz CT molecular complexity index is 346. The molecule has 0 saturated heterocycles. The lowest BCUT2D eigenvalue weighted by Gasteiger charge is -2.14. The van der Waals surface area contributed by atoms with Crippen LogP contribution in [0.3, 0.4) is 0 Å². The molecule has 0 aliphatic carbocycles. The van der Waals surface area contributed by atoms with Gasteiger partial charge in [-0.3, -0.25) is 4.79 Å². The van der Waals surface area contributed by atoms with E-state index in [4.69, 9.17) is 5.73 Å². The van der Waals surface area contributed by atoms with E-state index in [1.807, 2.05) is 20.0 Å². The number of hydrogen-bond acceptors (Lipinski definition) is 4. The fourth-order valence-corrected chi connectivity index (χ4v) is 2.48. The van der Waals surface area contributed by atoms with Crippen LogP contribution in [0.2, 0.25) is 0 Å². The first-order valence-corrected chi connectivity index (χ1v) is 6.05. The van der Waals surface area contributed by atoms with Crippen molar-refractivity contribution in [3.63, 3.8) is 0 Å². The van der Waals surface area contributed by atoms with Crippen molar-refractivity contribution >= 4 is 27.8 Å². The third-order valence-corrected chi connectivity index (χ3v) is 3.56. The van der Waals surface area contributed by atoms with Gasteiger partial charge in [-0.25, -0.2) is 0 Å². The van der Waals surface area contributed by atoms with Crippen molar-refractivity contribution in [1.29, 1.82) is 0 Å². The van der Waals surface area contributed by atoms with Crippen LogP contribution in [0.25, 0.3) is 0 Å². The lowest BCUT2D eigenvalue weighted by molar-refractivity contribution is 0.0993. The number of Topliss-reactive ketones (excluding diaryl/α,β-unsaturated/α-hetero) is 1. The Morgan fingerprint density at radius 2 is 2.20 bits per heavy atom. The van der Waals surface area contributed by atoms with Crippen molar-refractivity contribution in [3.8, 4) is 0 Å². The molecule has 3 nitrogen and oxygen atoms in total. The standard InChI is InChI=1S/C11H18N2OS/c1-4-6-13(3)10-7-8(12)11(15-10)9(14)5-2/h7H,4-6,12H2,1-3H3. The number of thiophene rings is 1. The lowest BCUT2D eigenvalue weighted by atomic mass is 10.2. The van der Waals surface area contributed by atoms with E-state index in [2.05, 4.69) is 11.8 Å². The maximum absolute atomic E-state index is 11.5. The van der Waals surface area contributed by atoms with Gasteiger partial charge in [-0.15, -0.1) is 11.3 Å². The van der Waals surface area contributed by atoms with Crippen LogP contribution in [-0.4, -0.2) is 19.4 Å². The number of nitrogen functional groups attached to an aromatic ring is 1. The maximum atomic E-state index is 11.5. The molecule has 15 heavy (non-hydrogen) atoms. The van der Waals surface area contributed by atoms with E-state index < -0.39 is 0 Å². The topological polar surface area (TPSA) is 46.3 Å². The predicted molar refractivity (Wildman–Crippen MR) is 66.9 cm³/mol. The molecule has 0 bridgehead atoms. The zero-order chi connectivity index (χ0) is 11.4. The van der Waals surface area contributed by atoms with Crippen molar-refractivity contribution in [2.75, 3.05) is 24.2 Å². The summed E-state index contributed by atoms with van der Waals surface area (Å²) in [6.45, 7) is 4.97. The largest absolute Gasteiger partial charge is 0.397 e. The zero-order valence-corrected chi connectivity index (χ0v) is 10.4. The second-order valence-corrected chi connectivity index (χ2v) is 4.60. The molecule has 0 unspecified atom stereocenters. The summed E-state index contributed by atoms with van der Waals surface area (Å²) in [7, 11) is 2.02. The molecule has 0 amide bonds. The Labute approximate surface area is 94.9 Å². The molecule has 0 saturated carbocycles. The van der Waals surface area contributed by atoms with Crippen LogP contribution in [0, 0.1) is 0 Å². The van der Waals surface area contributed by atoms with Gasteiger partial charge in [0.2, 0.25) is 0 Å². The molecule has 1 aromatic heterocycles. The maximum Gasteiger partial charge on any atom is 0.174 e. The molecule has 0 atom stereocenters. The van der Waals surface area contributed by atoms with Gasteiger partial charge in [-0.1, -0.05) is 13.8 Å². The van der Waals surface area contributed by atoms with E-state index in [9.17, 15) is 4.79 Å². The smallest absolute Gasteiger partial charge is 0.174 e. The Hall–Kier alpha value is -1.03. The first-order chi connectivity index (χ1) is 7.10. The molecule has 4 heteroatoms. The first-order valence-electron chi connectivity index (χ1n) is 5.23. The number of nitrogens with zero attached hydrogens (tertiary/aromatic N) is 1. The minimum absolute atomic E-state index is 0.133. The summed E-state index contributed by atoms with van der Waals surface area (Å²) in [4.78, 5) is 14.4. The number of hydrogen-bond donors (Lipinski definition) is 1. The van der Waals surface area contributed by atoms with Crippen LogP contribution in [-0.2, 0) is 0 Å². The molecular formula is C11H18N2OS. The van der Waals surface area contributed by atoms with E-state index >= 15 is 0 Å². The number of rotatable bonds is 5. The molecule has 2 N–H and O–H groups in total. The summed E-state index contributed by atoms with van der Waals surface area (Å²) < 4.78 is 0. The van der Waals surface area contributed by atoms with Crippen molar-refractivity contribution in [2.45, 2.75) is 26.7 Å². The van der Waals surface area contributed by atoms with Crippen LogP contribution in [0.15, 0.2) is 6.07 Å². The summed E-state index contributed by atoms with van der Waals surface area (Å²) >= 11 is 1.49. The molecule has 0 aliphatic heterocycles. The third kappa shape index (κ3) is 2.72. The van der Waals surface area contributed by atoms with Crippen LogP contribution < -0.4 is 10.6 Å². The highest BCUT2D eigenvalue weighted by Gasteiger charge is 2.14. The highest BCUT2D eigenvalue weighted by molar-refractivity contribution is 7.18. The van der Waals surface area contributed by atoms with Crippen LogP contribution in [0.4, 0.5) is 10.7 Å². The fourth-order valence-electron chi connectivity index (χ4n) is 1.40. The summed E-state index contributed by atoms with van der Waals surface area (Å²) in [6.07, 6.45) is 1.60. The van der Waals surface area contributed by atoms with E-state index in [-0.39, 0.29) is 5.78 Å². The van der Waals surface area contributed by atoms with Crippen molar-refractivity contribution in [3.05, 3.63) is 10.9 Å². The number of carbonyl (C=O) groups is 1. The molecule has 1 heterocycles. The SMILES string of the molecule is CCCN(C)c1cc(N)c(C(=O)CC)s1. The van der Waals surface area contributed by atoms with Gasteiger partial charge in [-0.2, -0.15) is 0 Å². The number of nitrogens with two attached hydrogens (primary N) is 1. The van der Waals surface area contributed by atoms with E-state index in [1.165, 1.54) is 11.3 Å². The Morgan fingerprint density at radius 3 is 2.73 bits per heavy atom. The molecule has 0 aromatic carbocycles. The minimum atomic E-state index is 0.133. The third-order valence-electron chi connectivity index (χ3n) is 2.26. The average molecular weight is 226 g/mol. The number of ketones is 1. The Morgan fingerprint density at radius 1 is 1.53 bits per heavy atom. The molecular weight excluding hydrogens is 208 g/mol. The van der Waals surface area contributed by atoms with Crippen molar-refractivity contribution < 1.29 is 4.79 Å². The second kappa shape index (κ2) is 5.16. The Balaban J connectivity index is 2.90. The van der Waals surface area contributed by atoms with Crippen molar-refractivity contribution in [1.82, 2.24) is 0 Å². The molecule has 1 aromatic rings. The van der Waals surface area contributed by atoms with E-state index in [0.29, 0.717) is 17.0 Å². The van der Waals surface area contributed by atoms with Crippen LogP contribution in [0.1, 0.15) is 36.4 Å². The monoisotopic (exact) mass is 226 g/mol. The van der Waals surface area contributed by atoms with Gasteiger partial charge in [0.25, 0.3) is 0 Å². The van der Waals surface area contributed by atoms with Gasteiger partial charge in [-0.05, 0) is 12.5 Å². The lowest BCUT2D eigenvalue weighted by Crippen LogP contribution is -2.16. The van der Waals surface area contributed by atoms with Gasteiger partial charge in [0.05, 0.1) is 15.6 Å². The molecule has 0 spiro atoms. The van der Waals surface area contributed by atoms with E-state index in [0.717, 1.165) is 18.0 Å². The minimum Gasteiger partial charge on any atom is -0.397 e. The van der Waals surface area contributed by atoms with Gasteiger partial charge >= 0.3 is 0 Å². The van der Waals surface area contributed by atoms with Gasteiger partial charge < -0.3 is 10.6 Å². The summed E-state index contributed by atoms with van der Waals surface area (Å²) in [5, 5.41) is 1.08. The highest BCUT2D eigenvalue weighted by Crippen LogP contribution is 2.32. The molecule has 0 aliphatic rings. The summed E-state index contributed by atoms with van der Waals surface area (Å²) in [5.74, 6) is 0.133. The van der Waals surface area contributed by atoms with Gasteiger partial charge in [0, 0.05) is 20.0 Å². The fraction of sp³-hybridized carbons (Fsp3) is 0.545. The van der Waals surface area contributed by atoms with Crippen LogP contribution in [0.5, 0.6) is 0 Å². The number of carbonyl (C=O) groups excluding carboxylic acids is 1.